The van der Waals surface area contributed by atoms with Gasteiger partial charge in [0.2, 0.25) is 0 Å². The van der Waals surface area contributed by atoms with Crippen molar-refractivity contribution in [3.63, 3.8) is 0 Å². The molecule has 0 heterocycles. The van der Waals surface area contributed by atoms with Crippen LogP contribution in [0.1, 0.15) is 61.6 Å². The molecule has 0 saturated heterocycles. The Hall–Kier alpha value is -2.13. The molecule has 2 fully saturated rings. The largest absolute Gasteiger partial charge is 0.508 e. The first-order valence-corrected chi connectivity index (χ1v) is 11.1. The Labute approximate surface area is 177 Å². The first-order valence-electron chi connectivity index (χ1n) is 10.7. The molecule has 0 spiro atoms. The first-order chi connectivity index (χ1) is 14.1. The number of phenols is 1. The average Bonchev–Trinajstić information content (AvgIpc) is 3.05. The van der Waals surface area contributed by atoms with Gasteiger partial charge in [0, 0.05) is 21.7 Å². The van der Waals surface area contributed by atoms with E-state index >= 15 is 0 Å². The molecule has 2 saturated carbocycles. The molecule has 3 nitrogen and oxygen atoms in total. The van der Waals surface area contributed by atoms with Crippen molar-refractivity contribution in [2.24, 2.45) is 27.5 Å². The normalized spacial score (nSPS) is 32.2. The lowest BCUT2D eigenvalue weighted by Crippen LogP contribution is -2.42. The van der Waals surface area contributed by atoms with E-state index in [1.54, 1.807) is 6.21 Å². The number of aromatic hydroxyl groups is 1. The summed E-state index contributed by atoms with van der Waals surface area (Å²) in [5.74, 6) is 2.42. The van der Waals surface area contributed by atoms with Gasteiger partial charge in [0.1, 0.15) is 5.75 Å². The molecule has 0 unspecified atom stereocenters. The second-order valence-corrected chi connectivity index (χ2v) is 9.51. The molecule has 0 amide bonds. The summed E-state index contributed by atoms with van der Waals surface area (Å²) in [6.45, 7) is 2.41. The van der Waals surface area contributed by atoms with Gasteiger partial charge < -0.3 is 5.11 Å². The molecule has 2 aromatic carbocycles. The summed E-state index contributed by atoms with van der Waals surface area (Å²) < 4.78 is 0. The summed E-state index contributed by atoms with van der Waals surface area (Å²) >= 11 is 6.23. The quantitative estimate of drug-likeness (QED) is 0.456. The van der Waals surface area contributed by atoms with E-state index in [1.807, 2.05) is 36.4 Å². The number of rotatable bonds is 2. The van der Waals surface area contributed by atoms with E-state index < -0.39 is 0 Å². The molecule has 4 atom stereocenters. The predicted octanol–water partition coefficient (Wildman–Crippen LogP) is 6.38. The van der Waals surface area contributed by atoms with Gasteiger partial charge in [-0.15, -0.1) is 0 Å². The highest BCUT2D eigenvalue weighted by Crippen LogP contribution is 2.60. The summed E-state index contributed by atoms with van der Waals surface area (Å²) in [6, 6.07) is 13.7. The van der Waals surface area contributed by atoms with Gasteiger partial charge in [-0.1, -0.05) is 42.8 Å². The molecule has 0 aliphatic heterocycles. The maximum atomic E-state index is 9.85. The van der Waals surface area contributed by atoms with Crippen LogP contribution in [0.3, 0.4) is 0 Å². The number of aryl methyl sites for hydroxylation is 1. The Kier molecular flexibility index (Phi) is 4.74. The van der Waals surface area contributed by atoms with E-state index in [4.69, 9.17) is 16.7 Å². The highest BCUT2D eigenvalue weighted by atomic mass is 35.5. The van der Waals surface area contributed by atoms with Gasteiger partial charge in [0.25, 0.3) is 0 Å². The average molecular weight is 407 g/mol. The number of hydrogen-bond donors (Lipinski definition) is 1. The second kappa shape index (κ2) is 7.28. The van der Waals surface area contributed by atoms with E-state index in [1.165, 1.54) is 42.5 Å². The van der Waals surface area contributed by atoms with Crippen LogP contribution in [0.2, 0.25) is 5.02 Å². The minimum absolute atomic E-state index is 0.160. The fourth-order valence-corrected chi connectivity index (χ4v) is 6.45. The van der Waals surface area contributed by atoms with Crippen molar-refractivity contribution in [1.29, 1.82) is 0 Å². The minimum Gasteiger partial charge on any atom is -0.508 e. The van der Waals surface area contributed by atoms with Crippen LogP contribution >= 0.6 is 11.6 Å². The van der Waals surface area contributed by atoms with Crippen molar-refractivity contribution in [3.05, 3.63) is 64.2 Å². The highest BCUT2D eigenvalue weighted by molar-refractivity contribution is 6.33. The van der Waals surface area contributed by atoms with Crippen LogP contribution in [-0.2, 0) is 6.42 Å². The molecular formula is C25H27ClN2O. The second-order valence-electron chi connectivity index (χ2n) is 9.11. The topological polar surface area (TPSA) is 45.0 Å². The monoisotopic (exact) mass is 406 g/mol. The maximum Gasteiger partial charge on any atom is 0.115 e. The van der Waals surface area contributed by atoms with Crippen LogP contribution < -0.4 is 0 Å². The van der Waals surface area contributed by atoms with Crippen LogP contribution in [-0.4, -0.2) is 17.0 Å². The first kappa shape index (κ1) is 18.9. The third-order valence-corrected chi connectivity index (χ3v) is 8.08. The van der Waals surface area contributed by atoms with Gasteiger partial charge in [-0.05, 0) is 85.6 Å². The summed E-state index contributed by atoms with van der Waals surface area (Å²) in [6.07, 6.45) is 8.70. The molecule has 3 aliphatic rings. The molecule has 150 valence electrons. The Morgan fingerprint density at radius 1 is 1.10 bits per heavy atom. The van der Waals surface area contributed by atoms with Crippen LogP contribution in [0, 0.1) is 17.3 Å². The van der Waals surface area contributed by atoms with E-state index in [0.717, 1.165) is 18.4 Å². The summed E-state index contributed by atoms with van der Waals surface area (Å²) in [5.41, 5.74) is 5.16. The van der Waals surface area contributed by atoms with Crippen LogP contribution in [0.15, 0.2) is 52.7 Å². The Balaban J connectivity index is 1.39. The SMILES string of the molecule is C[C@]12CC[C@@H]3c4ccc(O)cc4CC[C@@H]3[C@H]1CC/C2=N/N=C\c1ccccc1Cl. The van der Waals surface area contributed by atoms with E-state index in [2.05, 4.69) is 18.1 Å². The van der Waals surface area contributed by atoms with Crippen molar-refractivity contribution in [2.45, 2.75) is 51.4 Å². The van der Waals surface area contributed by atoms with Gasteiger partial charge in [0.15, 0.2) is 0 Å². The molecule has 5 rings (SSSR count). The van der Waals surface area contributed by atoms with Crippen molar-refractivity contribution in [1.82, 2.24) is 0 Å². The summed E-state index contributed by atoms with van der Waals surface area (Å²) in [4.78, 5) is 0. The van der Waals surface area contributed by atoms with Crippen LogP contribution in [0.5, 0.6) is 5.75 Å². The summed E-state index contributed by atoms with van der Waals surface area (Å²) in [5, 5.41) is 19.7. The molecule has 0 bridgehead atoms. The standard InChI is InChI=1S/C25H27ClN2O/c1-25-13-12-20-19-9-7-18(29)14-16(19)6-8-21(20)22(25)10-11-24(25)28-27-15-17-4-2-3-5-23(17)26/h2-5,7,9,14-15,20-22,29H,6,8,10-13H2,1H3/b27-15-,28-24-/t20-,21+,22-,25+/m1/s1. The minimum atomic E-state index is 0.160. The van der Waals surface area contributed by atoms with Crippen molar-refractivity contribution < 1.29 is 5.11 Å². The third-order valence-electron chi connectivity index (χ3n) is 7.73. The van der Waals surface area contributed by atoms with Gasteiger partial charge in [0.05, 0.1) is 6.21 Å². The van der Waals surface area contributed by atoms with Gasteiger partial charge in [-0.25, -0.2) is 0 Å². The summed E-state index contributed by atoms with van der Waals surface area (Å²) in [7, 11) is 0. The lowest BCUT2D eigenvalue weighted by molar-refractivity contribution is 0.0955. The third kappa shape index (κ3) is 3.20. The highest BCUT2D eigenvalue weighted by Gasteiger charge is 2.53. The van der Waals surface area contributed by atoms with Crippen LogP contribution in [0.25, 0.3) is 0 Å². The van der Waals surface area contributed by atoms with Crippen molar-refractivity contribution >= 4 is 23.5 Å². The lowest BCUT2D eigenvalue weighted by atomic mass is 9.55. The maximum absolute atomic E-state index is 9.85. The van der Waals surface area contributed by atoms with Gasteiger partial charge >= 0.3 is 0 Å². The smallest absolute Gasteiger partial charge is 0.115 e. The molecule has 3 aliphatic carbocycles. The number of fused-ring (bicyclic) bond motifs is 5. The molecule has 2 aromatic rings. The zero-order valence-corrected chi connectivity index (χ0v) is 17.6. The van der Waals surface area contributed by atoms with Crippen LogP contribution in [0.4, 0.5) is 0 Å². The van der Waals surface area contributed by atoms with E-state index in [9.17, 15) is 5.11 Å². The Morgan fingerprint density at radius 2 is 1.97 bits per heavy atom. The number of hydrogen-bond acceptors (Lipinski definition) is 3. The molecule has 1 N–H and O–H groups in total. The Morgan fingerprint density at radius 3 is 2.83 bits per heavy atom. The number of nitrogens with zero attached hydrogens (tertiary/aromatic N) is 2. The molecule has 29 heavy (non-hydrogen) atoms. The van der Waals surface area contributed by atoms with Gasteiger partial charge in [-0.3, -0.25) is 0 Å². The Bertz CT molecular complexity index is 998. The zero-order chi connectivity index (χ0) is 20.0. The lowest BCUT2D eigenvalue weighted by Gasteiger charge is -2.49. The fraction of sp³-hybridized carbons (Fsp3) is 0.440. The van der Waals surface area contributed by atoms with Gasteiger partial charge in [-0.2, -0.15) is 10.2 Å². The van der Waals surface area contributed by atoms with E-state index in [0.29, 0.717) is 28.5 Å². The zero-order valence-electron chi connectivity index (χ0n) is 16.8. The number of benzene rings is 2. The fourth-order valence-electron chi connectivity index (χ4n) is 6.26. The van der Waals surface area contributed by atoms with Crippen molar-refractivity contribution in [3.8, 4) is 5.75 Å². The molecule has 0 aromatic heterocycles. The molecule has 4 heteroatoms. The predicted molar refractivity (Wildman–Crippen MR) is 119 cm³/mol. The number of phenolic OH excluding ortho intramolecular Hbond substituents is 1. The van der Waals surface area contributed by atoms with Crippen molar-refractivity contribution in [2.75, 3.05) is 0 Å². The molecule has 0 radical (unpaired) electrons. The molecular weight excluding hydrogens is 380 g/mol. The number of halogens is 1. The van der Waals surface area contributed by atoms with E-state index in [-0.39, 0.29) is 5.41 Å².